The Morgan fingerprint density at radius 2 is 2.19 bits per heavy atom. The van der Waals surface area contributed by atoms with Crippen molar-refractivity contribution in [2.24, 2.45) is 5.10 Å². The number of hydrogen-bond acceptors (Lipinski definition) is 5. The summed E-state index contributed by atoms with van der Waals surface area (Å²) in [5.74, 6) is -0.425. The van der Waals surface area contributed by atoms with Crippen molar-refractivity contribution in [2.45, 2.75) is 0 Å². The van der Waals surface area contributed by atoms with E-state index in [1.807, 2.05) is 0 Å². The van der Waals surface area contributed by atoms with Crippen molar-refractivity contribution in [1.82, 2.24) is 5.43 Å². The zero-order valence-electron chi connectivity index (χ0n) is 10.2. The molecule has 0 atom stereocenters. The fourth-order valence-electron chi connectivity index (χ4n) is 1.41. The van der Waals surface area contributed by atoms with Crippen molar-refractivity contribution >= 4 is 45.3 Å². The highest BCUT2D eigenvalue weighted by Crippen LogP contribution is 2.24. The monoisotopic (exact) mass is 371 g/mol. The summed E-state index contributed by atoms with van der Waals surface area (Å²) in [5.41, 5.74) is 2.57. The molecule has 7 nitrogen and oxygen atoms in total. The molecule has 0 fully saturated rings. The van der Waals surface area contributed by atoms with Gasteiger partial charge in [-0.05, 0) is 45.8 Å². The second kappa shape index (κ2) is 6.51. The maximum absolute atomic E-state index is 11.6. The molecule has 2 rings (SSSR count). The summed E-state index contributed by atoms with van der Waals surface area (Å²) in [7, 11) is 0. The third-order valence-corrected chi connectivity index (χ3v) is 3.07. The van der Waals surface area contributed by atoms with Gasteiger partial charge in [0.25, 0.3) is 5.69 Å². The van der Waals surface area contributed by atoms with E-state index in [0.717, 1.165) is 0 Å². The molecule has 0 saturated carbocycles. The number of halogens is 2. The van der Waals surface area contributed by atoms with Gasteiger partial charge >= 0.3 is 5.91 Å². The fraction of sp³-hybridized carbons (Fsp3) is 0. The summed E-state index contributed by atoms with van der Waals surface area (Å²) >= 11 is 8.83. The Balaban J connectivity index is 2.03. The quantitative estimate of drug-likeness (QED) is 0.505. The number of nitro benzene ring substituents is 1. The largest absolute Gasteiger partial charge is 0.444 e. The van der Waals surface area contributed by atoms with Crippen LogP contribution in [0, 0.1) is 10.1 Å². The minimum atomic E-state index is -0.584. The number of hydrazone groups is 1. The van der Waals surface area contributed by atoms with Gasteiger partial charge in [-0.1, -0.05) is 11.6 Å². The number of amides is 1. The SMILES string of the molecule is O=C(N/N=C/c1ccc([N+](=O)[O-])c(Cl)c1)c1ccc(Br)o1. The van der Waals surface area contributed by atoms with E-state index in [1.165, 1.54) is 30.5 Å². The predicted molar refractivity (Wildman–Crippen MR) is 79.6 cm³/mol. The Kier molecular flexibility index (Phi) is 4.71. The second-order valence-electron chi connectivity index (χ2n) is 3.77. The number of furan rings is 1. The van der Waals surface area contributed by atoms with E-state index in [-0.39, 0.29) is 16.5 Å². The van der Waals surface area contributed by atoms with Crippen molar-refractivity contribution in [3.63, 3.8) is 0 Å². The summed E-state index contributed by atoms with van der Waals surface area (Å²) in [4.78, 5) is 21.6. The van der Waals surface area contributed by atoms with Crippen LogP contribution in [0.3, 0.4) is 0 Å². The van der Waals surface area contributed by atoms with Crippen LogP contribution in [0.4, 0.5) is 5.69 Å². The minimum absolute atomic E-state index is 0.00904. The van der Waals surface area contributed by atoms with Crippen LogP contribution in [-0.4, -0.2) is 17.0 Å². The zero-order valence-corrected chi connectivity index (χ0v) is 12.6. The first kappa shape index (κ1) is 15.2. The number of rotatable bonds is 4. The lowest BCUT2D eigenvalue weighted by molar-refractivity contribution is -0.384. The number of carbonyl (C=O) groups is 1. The van der Waals surface area contributed by atoms with Crippen molar-refractivity contribution in [3.05, 3.63) is 61.5 Å². The molecule has 108 valence electrons. The van der Waals surface area contributed by atoms with Crippen LogP contribution in [0.2, 0.25) is 5.02 Å². The molecule has 0 spiro atoms. The van der Waals surface area contributed by atoms with Gasteiger partial charge in [0, 0.05) is 6.07 Å². The molecule has 0 aliphatic rings. The third kappa shape index (κ3) is 3.89. The van der Waals surface area contributed by atoms with E-state index >= 15 is 0 Å². The lowest BCUT2D eigenvalue weighted by Gasteiger charge is -1.98. The highest BCUT2D eigenvalue weighted by atomic mass is 79.9. The van der Waals surface area contributed by atoms with Gasteiger partial charge < -0.3 is 4.42 Å². The molecule has 2 aromatic rings. The number of hydrogen-bond donors (Lipinski definition) is 1. The Morgan fingerprint density at radius 3 is 2.76 bits per heavy atom. The summed E-state index contributed by atoms with van der Waals surface area (Å²) in [6.45, 7) is 0. The highest BCUT2D eigenvalue weighted by Gasteiger charge is 2.11. The fourth-order valence-corrected chi connectivity index (χ4v) is 1.97. The molecule has 0 saturated heterocycles. The van der Waals surface area contributed by atoms with Gasteiger partial charge in [-0.2, -0.15) is 5.10 Å². The smallest absolute Gasteiger partial charge is 0.307 e. The Bertz CT molecular complexity index is 729. The Labute approximate surface area is 131 Å². The molecule has 1 heterocycles. The first-order valence-electron chi connectivity index (χ1n) is 5.50. The molecule has 0 aliphatic heterocycles. The van der Waals surface area contributed by atoms with Gasteiger partial charge in [-0.25, -0.2) is 5.43 Å². The number of nitro groups is 1. The third-order valence-electron chi connectivity index (χ3n) is 2.35. The lowest BCUT2D eigenvalue weighted by Crippen LogP contribution is -2.16. The average Bonchev–Trinajstić information content (AvgIpc) is 2.85. The van der Waals surface area contributed by atoms with Gasteiger partial charge in [-0.3, -0.25) is 14.9 Å². The maximum atomic E-state index is 11.6. The lowest BCUT2D eigenvalue weighted by atomic mass is 10.2. The molecule has 0 aliphatic carbocycles. The van der Waals surface area contributed by atoms with E-state index in [1.54, 1.807) is 6.07 Å². The van der Waals surface area contributed by atoms with Crippen LogP contribution in [-0.2, 0) is 0 Å². The molecule has 1 aromatic heterocycles. The molecule has 9 heteroatoms. The molecular formula is C12H7BrClN3O4. The van der Waals surface area contributed by atoms with Crippen LogP contribution in [0.1, 0.15) is 16.1 Å². The standard InChI is InChI=1S/C12H7BrClN3O4/c13-11-4-3-10(21-11)12(18)16-15-6-7-1-2-9(17(19)20)8(14)5-7/h1-6H,(H,16,18)/b15-6+. The summed E-state index contributed by atoms with van der Waals surface area (Å²) in [6.07, 6.45) is 1.31. The number of benzene rings is 1. The van der Waals surface area contributed by atoms with Crippen molar-refractivity contribution < 1.29 is 14.1 Å². The Hall–Kier alpha value is -2.19. The summed E-state index contributed by atoms with van der Waals surface area (Å²) in [5, 5.41) is 14.3. The number of nitrogens with one attached hydrogen (secondary N) is 1. The molecule has 21 heavy (non-hydrogen) atoms. The van der Waals surface area contributed by atoms with E-state index in [9.17, 15) is 14.9 Å². The van der Waals surface area contributed by atoms with Crippen molar-refractivity contribution in [3.8, 4) is 0 Å². The van der Waals surface area contributed by atoms with E-state index < -0.39 is 10.8 Å². The van der Waals surface area contributed by atoms with Gasteiger partial charge in [0.15, 0.2) is 10.4 Å². The summed E-state index contributed by atoms with van der Waals surface area (Å²) < 4.78 is 5.47. The van der Waals surface area contributed by atoms with Gasteiger partial charge in [0.1, 0.15) is 5.02 Å². The molecule has 0 unspecified atom stereocenters. The van der Waals surface area contributed by atoms with Gasteiger partial charge in [0.05, 0.1) is 11.1 Å². The molecule has 0 radical (unpaired) electrons. The minimum Gasteiger partial charge on any atom is -0.444 e. The van der Waals surface area contributed by atoms with Crippen molar-refractivity contribution in [2.75, 3.05) is 0 Å². The zero-order chi connectivity index (χ0) is 15.4. The van der Waals surface area contributed by atoms with E-state index in [4.69, 9.17) is 16.0 Å². The van der Waals surface area contributed by atoms with Crippen LogP contribution in [0.25, 0.3) is 0 Å². The first-order valence-corrected chi connectivity index (χ1v) is 6.67. The second-order valence-corrected chi connectivity index (χ2v) is 4.96. The molecule has 1 amide bonds. The normalized spacial score (nSPS) is 10.8. The molecule has 1 N–H and O–H groups in total. The first-order chi connectivity index (χ1) is 9.97. The van der Waals surface area contributed by atoms with E-state index in [0.29, 0.717) is 10.2 Å². The molecular weight excluding hydrogens is 366 g/mol. The maximum Gasteiger partial charge on any atom is 0.307 e. The molecule has 1 aromatic carbocycles. The van der Waals surface area contributed by atoms with Crippen LogP contribution in [0.5, 0.6) is 0 Å². The highest BCUT2D eigenvalue weighted by molar-refractivity contribution is 9.10. The Morgan fingerprint density at radius 1 is 1.43 bits per heavy atom. The van der Waals surface area contributed by atoms with Crippen molar-refractivity contribution in [1.29, 1.82) is 0 Å². The van der Waals surface area contributed by atoms with Crippen LogP contribution in [0.15, 0.2) is 44.5 Å². The topological polar surface area (TPSA) is 97.7 Å². The number of nitrogens with zero attached hydrogens (tertiary/aromatic N) is 2. The van der Waals surface area contributed by atoms with Crippen LogP contribution < -0.4 is 5.43 Å². The van der Waals surface area contributed by atoms with Gasteiger partial charge in [0.2, 0.25) is 0 Å². The summed E-state index contributed by atoms with van der Waals surface area (Å²) in [6, 6.07) is 7.16. The predicted octanol–water partition coefficient (Wildman–Crippen LogP) is 3.37. The molecule has 0 bridgehead atoms. The van der Waals surface area contributed by atoms with Gasteiger partial charge in [-0.15, -0.1) is 0 Å². The van der Waals surface area contributed by atoms with E-state index in [2.05, 4.69) is 26.5 Å². The number of carbonyl (C=O) groups excluding carboxylic acids is 1. The van der Waals surface area contributed by atoms with Crippen LogP contribution >= 0.6 is 27.5 Å². The average molecular weight is 373 g/mol.